The molecule has 0 heterocycles. The monoisotopic (exact) mass is 316 g/mol. The third kappa shape index (κ3) is 5.06. The fourth-order valence-electron chi connectivity index (χ4n) is 3.06. The lowest BCUT2D eigenvalue weighted by atomic mass is 9.77. The lowest BCUT2D eigenvalue weighted by Gasteiger charge is -2.35. The van der Waals surface area contributed by atoms with Gasteiger partial charge in [-0.25, -0.2) is 0 Å². The van der Waals surface area contributed by atoms with Gasteiger partial charge in [0.15, 0.2) is 0 Å². The molecule has 0 saturated heterocycles. The van der Waals surface area contributed by atoms with Gasteiger partial charge in [0.2, 0.25) is 5.91 Å². The third-order valence-electron chi connectivity index (χ3n) is 4.15. The molecule has 0 spiro atoms. The van der Waals surface area contributed by atoms with Crippen molar-refractivity contribution in [2.45, 2.75) is 55.9 Å². The van der Waals surface area contributed by atoms with Crippen molar-refractivity contribution in [3.8, 4) is 6.07 Å². The summed E-state index contributed by atoms with van der Waals surface area (Å²) in [7, 11) is 0. The summed E-state index contributed by atoms with van der Waals surface area (Å²) in [6.45, 7) is 2.16. The van der Waals surface area contributed by atoms with Crippen molar-refractivity contribution in [3.05, 3.63) is 30.3 Å². The van der Waals surface area contributed by atoms with Crippen molar-refractivity contribution in [2.24, 2.45) is 5.92 Å². The lowest BCUT2D eigenvalue weighted by molar-refractivity contribution is -0.122. The average molecular weight is 316 g/mol. The summed E-state index contributed by atoms with van der Waals surface area (Å²) >= 11 is 1.77. The molecule has 22 heavy (non-hydrogen) atoms. The minimum atomic E-state index is -0.624. The molecule has 1 fully saturated rings. The van der Waals surface area contributed by atoms with Crippen LogP contribution in [0, 0.1) is 17.2 Å². The van der Waals surface area contributed by atoms with E-state index in [0.717, 1.165) is 37.9 Å². The first kappa shape index (κ1) is 16.9. The zero-order chi connectivity index (χ0) is 15.8. The number of thioether (sulfide) groups is 1. The van der Waals surface area contributed by atoms with Crippen LogP contribution in [0.1, 0.15) is 45.4 Å². The SMILES string of the molecule is CC1CCCC(C#N)(NC(=O)CCCSc2ccccc2)C1. The Balaban J connectivity index is 1.72. The maximum atomic E-state index is 12.1. The highest BCUT2D eigenvalue weighted by atomic mass is 32.2. The Labute approximate surface area is 137 Å². The molecule has 2 atom stereocenters. The van der Waals surface area contributed by atoms with Crippen LogP contribution in [0.2, 0.25) is 0 Å². The van der Waals surface area contributed by atoms with Crippen LogP contribution in [0.4, 0.5) is 0 Å². The van der Waals surface area contributed by atoms with E-state index >= 15 is 0 Å². The van der Waals surface area contributed by atoms with Gasteiger partial charge in [0, 0.05) is 11.3 Å². The zero-order valence-corrected chi connectivity index (χ0v) is 14.0. The van der Waals surface area contributed by atoms with Gasteiger partial charge in [0.05, 0.1) is 6.07 Å². The van der Waals surface area contributed by atoms with E-state index in [9.17, 15) is 10.1 Å². The summed E-state index contributed by atoms with van der Waals surface area (Å²) in [4.78, 5) is 13.4. The van der Waals surface area contributed by atoms with Crippen LogP contribution < -0.4 is 5.32 Å². The van der Waals surface area contributed by atoms with E-state index in [2.05, 4.69) is 30.4 Å². The predicted octanol–water partition coefficient (Wildman–Crippen LogP) is 4.15. The summed E-state index contributed by atoms with van der Waals surface area (Å²) in [6, 6.07) is 12.6. The Bertz CT molecular complexity index is 526. The van der Waals surface area contributed by atoms with Gasteiger partial charge in [0.1, 0.15) is 5.54 Å². The van der Waals surface area contributed by atoms with Crippen LogP contribution in [0.5, 0.6) is 0 Å². The molecular formula is C18H24N2OS. The van der Waals surface area contributed by atoms with Gasteiger partial charge in [0.25, 0.3) is 0 Å². The summed E-state index contributed by atoms with van der Waals surface area (Å²) in [5.74, 6) is 1.46. The topological polar surface area (TPSA) is 52.9 Å². The molecular weight excluding hydrogens is 292 g/mol. The third-order valence-corrected chi connectivity index (χ3v) is 5.25. The number of nitrogens with one attached hydrogen (secondary N) is 1. The van der Waals surface area contributed by atoms with Gasteiger partial charge in [-0.3, -0.25) is 4.79 Å². The molecule has 0 bridgehead atoms. The first-order chi connectivity index (χ1) is 10.6. The quantitative estimate of drug-likeness (QED) is 0.633. The standard InChI is InChI=1S/C18H24N2OS/c1-15-7-5-11-18(13-15,14-19)20-17(21)10-6-12-22-16-8-3-2-4-9-16/h2-4,8-9,15H,5-7,10-13H2,1H3,(H,20,21). The molecule has 1 N–H and O–H groups in total. The zero-order valence-electron chi connectivity index (χ0n) is 13.2. The number of hydrogen-bond acceptors (Lipinski definition) is 3. The van der Waals surface area contributed by atoms with E-state index < -0.39 is 5.54 Å². The number of nitriles is 1. The van der Waals surface area contributed by atoms with E-state index in [-0.39, 0.29) is 5.91 Å². The minimum absolute atomic E-state index is 0.0179. The summed E-state index contributed by atoms with van der Waals surface area (Å²) < 4.78 is 0. The molecule has 0 aromatic heterocycles. The second-order valence-electron chi connectivity index (χ2n) is 6.21. The molecule has 1 saturated carbocycles. The molecule has 1 aliphatic rings. The van der Waals surface area contributed by atoms with E-state index in [1.165, 1.54) is 4.90 Å². The average Bonchev–Trinajstić information content (AvgIpc) is 2.52. The van der Waals surface area contributed by atoms with Gasteiger partial charge in [-0.2, -0.15) is 5.26 Å². The molecule has 1 aromatic rings. The number of benzene rings is 1. The van der Waals surface area contributed by atoms with E-state index in [1.54, 1.807) is 11.8 Å². The van der Waals surface area contributed by atoms with Gasteiger partial charge >= 0.3 is 0 Å². The first-order valence-corrected chi connectivity index (χ1v) is 9.02. The van der Waals surface area contributed by atoms with Gasteiger partial charge in [-0.15, -0.1) is 11.8 Å². The maximum Gasteiger partial charge on any atom is 0.221 e. The van der Waals surface area contributed by atoms with Crippen LogP contribution >= 0.6 is 11.8 Å². The normalized spacial score (nSPS) is 24.5. The number of nitrogens with zero attached hydrogens (tertiary/aromatic N) is 1. The number of carbonyl (C=O) groups excluding carboxylic acids is 1. The van der Waals surface area contributed by atoms with Crippen LogP contribution in [-0.2, 0) is 4.79 Å². The maximum absolute atomic E-state index is 12.1. The summed E-state index contributed by atoms with van der Waals surface area (Å²) in [6.07, 6.45) is 5.10. The van der Waals surface area contributed by atoms with Gasteiger partial charge in [-0.1, -0.05) is 31.5 Å². The van der Waals surface area contributed by atoms with Crippen LogP contribution in [0.25, 0.3) is 0 Å². The summed E-state index contributed by atoms with van der Waals surface area (Å²) in [5.41, 5.74) is -0.624. The van der Waals surface area contributed by atoms with Crippen LogP contribution in [0.15, 0.2) is 35.2 Å². The molecule has 0 radical (unpaired) electrons. The van der Waals surface area contributed by atoms with Crippen molar-refractivity contribution in [3.63, 3.8) is 0 Å². The van der Waals surface area contributed by atoms with Crippen molar-refractivity contribution in [1.29, 1.82) is 5.26 Å². The molecule has 0 aliphatic heterocycles. The fourth-order valence-corrected chi connectivity index (χ4v) is 3.94. The highest BCUT2D eigenvalue weighted by Crippen LogP contribution is 2.32. The molecule has 2 rings (SSSR count). The van der Waals surface area contributed by atoms with Crippen molar-refractivity contribution in [2.75, 3.05) is 5.75 Å². The highest BCUT2D eigenvalue weighted by molar-refractivity contribution is 7.99. The molecule has 2 unspecified atom stereocenters. The molecule has 1 aliphatic carbocycles. The molecule has 3 nitrogen and oxygen atoms in total. The molecule has 4 heteroatoms. The van der Waals surface area contributed by atoms with Gasteiger partial charge < -0.3 is 5.32 Å². The van der Waals surface area contributed by atoms with E-state index in [0.29, 0.717) is 12.3 Å². The van der Waals surface area contributed by atoms with Crippen LogP contribution in [0.3, 0.4) is 0 Å². The van der Waals surface area contributed by atoms with Crippen LogP contribution in [-0.4, -0.2) is 17.2 Å². The predicted molar refractivity (Wildman–Crippen MR) is 90.5 cm³/mol. The number of carbonyl (C=O) groups is 1. The summed E-state index contributed by atoms with van der Waals surface area (Å²) in [5, 5.41) is 12.5. The Morgan fingerprint density at radius 3 is 2.91 bits per heavy atom. The van der Waals surface area contributed by atoms with E-state index in [1.807, 2.05) is 18.2 Å². The largest absolute Gasteiger partial charge is 0.338 e. The Kier molecular flexibility index (Phi) is 6.33. The molecule has 118 valence electrons. The van der Waals surface area contributed by atoms with Crippen molar-refractivity contribution >= 4 is 17.7 Å². The molecule has 1 aromatic carbocycles. The first-order valence-electron chi connectivity index (χ1n) is 8.04. The fraction of sp³-hybridized carbons (Fsp3) is 0.556. The smallest absolute Gasteiger partial charge is 0.221 e. The Hall–Kier alpha value is -1.47. The second-order valence-corrected chi connectivity index (χ2v) is 7.38. The second kappa shape index (κ2) is 8.24. The van der Waals surface area contributed by atoms with E-state index in [4.69, 9.17) is 0 Å². The molecule has 1 amide bonds. The number of hydrogen-bond donors (Lipinski definition) is 1. The highest BCUT2D eigenvalue weighted by Gasteiger charge is 2.36. The van der Waals surface area contributed by atoms with Crippen molar-refractivity contribution < 1.29 is 4.79 Å². The lowest BCUT2D eigenvalue weighted by Crippen LogP contribution is -2.50. The van der Waals surface area contributed by atoms with Crippen molar-refractivity contribution in [1.82, 2.24) is 5.32 Å². The number of amides is 1. The Morgan fingerprint density at radius 1 is 1.45 bits per heavy atom. The minimum Gasteiger partial charge on any atom is -0.338 e. The number of rotatable bonds is 6. The Morgan fingerprint density at radius 2 is 2.23 bits per heavy atom. The van der Waals surface area contributed by atoms with Gasteiger partial charge in [-0.05, 0) is 49.5 Å².